The fourth-order valence-corrected chi connectivity index (χ4v) is 2.49. The first-order chi connectivity index (χ1) is 12.3. The number of benzene rings is 1. The number of amides is 2. The number of carboxylic acid groups (broad SMARTS) is 1. The Morgan fingerprint density at radius 2 is 2.19 bits per heavy atom. The maximum absolute atomic E-state index is 12.2. The Labute approximate surface area is 146 Å². The van der Waals surface area contributed by atoms with E-state index in [1.165, 1.54) is 6.07 Å². The fraction of sp³-hybridized carbons (Fsp3) is 0.231. The molecule has 1 aromatic heterocycles. The van der Waals surface area contributed by atoms with E-state index >= 15 is 0 Å². The van der Waals surface area contributed by atoms with E-state index in [1.807, 2.05) is 0 Å². The van der Waals surface area contributed by atoms with E-state index in [0.717, 1.165) is 4.80 Å². The average molecular weight is 360 g/mol. The maximum Gasteiger partial charge on any atom is 0.547 e. The molecule has 1 atom stereocenters. The summed E-state index contributed by atoms with van der Waals surface area (Å²) in [5, 5.41) is 32.5. The molecule has 134 valence electrons. The molecule has 0 fully saturated rings. The van der Waals surface area contributed by atoms with E-state index in [-0.39, 0.29) is 30.1 Å². The van der Waals surface area contributed by atoms with Gasteiger partial charge in [-0.15, -0.1) is 10.2 Å². The van der Waals surface area contributed by atoms with Gasteiger partial charge in [0.15, 0.2) is 0 Å². The highest BCUT2D eigenvalue weighted by molar-refractivity contribution is 6.47. The number of tetrazole rings is 1. The molecule has 12 nitrogen and oxygen atoms in total. The van der Waals surface area contributed by atoms with Crippen molar-refractivity contribution in [3.63, 3.8) is 0 Å². The second kappa shape index (κ2) is 6.80. The summed E-state index contributed by atoms with van der Waals surface area (Å²) in [5.74, 6) is -3.75. The van der Waals surface area contributed by atoms with Crippen molar-refractivity contribution in [2.45, 2.75) is 18.9 Å². The Kier molecular flexibility index (Phi) is 4.54. The highest BCUT2D eigenvalue weighted by atomic mass is 16.5. The van der Waals surface area contributed by atoms with Gasteiger partial charge >= 0.3 is 13.1 Å². The second-order valence-corrected chi connectivity index (χ2v) is 5.50. The van der Waals surface area contributed by atoms with Crippen molar-refractivity contribution in [3.8, 4) is 5.75 Å². The van der Waals surface area contributed by atoms with Crippen LogP contribution in [-0.4, -0.2) is 61.2 Å². The zero-order valence-electron chi connectivity index (χ0n) is 13.2. The topological polar surface area (TPSA) is 183 Å². The first kappa shape index (κ1) is 17.4. The third kappa shape index (κ3) is 3.46. The Balaban J connectivity index is 1.74. The van der Waals surface area contributed by atoms with Gasteiger partial charge in [-0.1, -0.05) is 12.1 Å². The Hall–Kier alpha value is -3.48. The molecule has 1 aromatic carbocycles. The number of carboxylic acids is 1. The number of carbonyl (C=O) groups is 3. The summed E-state index contributed by atoms with van der Waals surface area (Å²) >= 11 is 0. The van der Waals surface area contributed by atoms with Crippen LogP contribution in [0, 0.1) is 0 Å². The first-order valence-electron chi connectivity index (χ1n) is 7.42. The number of hydrogen-bond acceptors (Lipinski definition) is 8. The number of nitrogens with zero attached hydrogens (tertiary/aromatic N) is 4. The van der Waals surface area contributed by atoms with Crippen LogP contribution in [0.3, 0.4) is 0 Å². The highest BCUT2D eigenvalue weighted by Gasteiger charge is 2.38. The third-order valence-electron chi connectivity index (χ3n) is 3.62. The van der Waals surface area contributed by atoms with Crippen LogP contribution in [0.25, 0.3) is 0 Å². The van der Waals surface area contributed by atoms with Gasteiger partial charge in [-0.2, -0.15) is 4.80 Å². The van der Waals surface area contributed by atoms with Crippen molar-refractivity contribution in [2.75, 3.05) is 0 Å². The maximum atomic E-state index is 12.2. The molecule has 1 aliphatic heterocycles. The number of aromatic carboxylic acids is 1. The fourth-order valence-electron chi connectivity index (χ4n) is 2.49. The quantitative estimate of drug-likeness (QED) is 0.423. The second-order valence-electron chi connectivity index (χ2n) is 5.50. The molecule has 1 aliphatic rings. The number of fused-ring (bicyclic) bond motifs is 1. The molecule has 0 radical (unpaired) electrons. The minimum Gasteiger partial charge on any atom is -0.534 e. The molecule has 13 heteroatoms. The van der Waals surface area contributed by atoms with E-state index in [0.29, 0.717) is 5.56 Å². The Bertz CT molecular complexity index is 886. The van der Waals surface area contributed by atoms with Crippen molar-refractivity contribution in [2.24, 2.45) is 5.73 Å². The molecular weight excluding hydrogens is 347 g/mol. The Morgan fingerprint density at radius 1 is 1.42 bits per heavy atom. The van der Waals surface area contributed by atoms with Crippen molar-refractivity contribution in [1.82, 2.24) is 25.5 Å². The van der Waals surface area contributed by atoms with Crippen LogP contribution in [0.4, 0.5) is 0 Å². The van der Waals surface area contributed by atoms with Crippen LogP contribution in [0.5, 0.6) is 5.75 Å². The molecule has 3 rings (SSSR count). The normalized spacial score (nSPS) is 15.7. The van der Waals surface area contributed by atoms with Crippen LogP contribution in [0.15, 0.2) is 18.2 Å². The summed E-state index contributed by atoms with van der Waals surface area (Å²) in [4.78, 5) is 35.1. The summed E-state index contributed by atoms with van der Waals surface area (Å²) in [7, 11) is -1.47. The van der Waals surface area contributed by atoms with Gasteiger partial charge in [0.05, 0.1) is 11.5 Å². The van der Waals surface area contributed by atoms with Crippen LogP contribution in [0.2, 0.25) is 0 Å². The number of aromatic nitrogens is 4. The summed E-state index contributed by atoms with van der Waals surface area (Å²) in [5.41, 5.74) is 5.43. The van der Waals surface area contributed by atoms with Gasteiger partial charge in [0.2, 0.25) is 5.91 Å². The molecule has 0 bridgehead atoms. The largest absolute Gasteiger partial charge is 0.547 e. The van der Waals surface area contributed by atoms with E-state index in [2.05, 4.69) is 20.7 Å². The number of nitrogens with one attached hydrogen (secondary N) is 1. The molecule has 0 saturated heterocycles. The molecule has 2 aromatic rings. The molecule has 5 N–H and O–H groups in total. The third-order valence-corrected chi connectivity index (χ3v) is 3.62. The van der Waals surface area contributed by atoms with E-state index < -0.39 is 30.8 Å². The Morgan fingerprint density at radius 3 is 2.88 bits per heavy atom. The van der Waals surface area contributed by atoms with Gasteiger partial charge in [-0.25, -0.2) is 4.79 Å². The van der Waals surface area contributed by atoms with E-state index in [1.54, 1.807) is 12.1 Å². The molecule has 0 unspecified atom stereocenters. The molecule has 26 heavy (non-hydrogen) atoms. The molecule has 0 saturated carbocycles. The predicted molar refractivity (Wildman–Crippen MR) is 84.0 cm³/mol. The smallest absolute Gasteiger partial charge is 0.534 e. The number of para-hydroxylation sites is 1. The SMILES string of the molecule is NC(=O)Cn1nnc(C(=O)N[C@H]2Cc3cccc(C(=O)O)c3OB2O)n1. The van der Waals surface area contributed by atoms with Gasteiger partial charge in [0.1, 0.15) is 12.3 Å². The van der Waals surface area contributed by atoms with Crippen LogP contribution >= 0.6 is 0 Å². The van der Waals surface area contributed by atoms with Crippen LogP contribution < -0.4 is 15.7 Å². The molecule has 0 spiro atoms. The lowest BCUT2D eigenvalue weighted by Crippen LogP contribution is -2.53. The van der Waals surface area contributed by atoms with Gasteiger partial charge in [-0.05, 0) is 23.3 Å². The lowest BCUT2D eigenvalue weighted by Gasteiger charge is -2.28. The van der Waals surface area contributed by atoms with Gasteiger partial charge < -0.3 is 25.8 Å². The number of nitrogens with two attached hydrogens (primary N) is 1. The zero-order valence-corrected chi connectivity index (χ0v) is 13.2. The minimum absolute atomic E-state index is 0.0588. The van der Waals surface area contributed by atoms with Crippen LogP contribution in [-0.2, 0) is 17.8 Å². The number of rotatable bonds is 5. The van der Waals surface area contributed by atoms with Crippen molar-refractivity contribution >= 4 is 24.9 Å². The number of carbonyl (C=O) groups excluding carboxylic acids is 2. The lowest BCUT2D eigenvalue weighted by atomic mass is 9.72. The standard InChI is InChI=1S/C13H13BN6O6/c15-9(21)5-20-18-11(17-19-20)12(22)16-8-4-6-2-1-3-7(13(23)24)10(6)26-14(8)25/h1-3,8,25H,4-5H2,(H2,15,21)(H,16,22)(H,23,24)/t8-/m0/s1. The average Bonchev–Trinajstić information content (AvgIpc) is 3.02. The predicted octanol–water partition coefficient (Wildman–Crippen LogP) is -2.39. The summed E-state index contributed by atoms with van der Waals surface area (Å²) in [6, 6.07) is 4.53. The molecule has 0 aliphatic carbocycles. The minimum atomic E-state index is -1.47. The van der Waals surface area contributed by atoms with Crippen LogP contribution in [0.1, 0.15) is 26.5 Å². The first-order valence-corrected chi connectivity index (χ1v) is 7.42. The molecule has 2 heterocycles. The molecular formula is C13H13BN6O6. The summed E-state index contributed by atoms with van der Waals surface area (Å²) in [6.45, 7) is -0.333. The van der Waals surface area contributed by atoms with Gasteiger partial charge in [-0.3, -0.25) is 9.59 Å². The summed E-state index contributed by atoms with van der Waals surface area (Å²) < 4.78 is 5.27. The number of hydrogen-bond donors (Lipinski definition) is 4. The van der Waals surface area contributed by atoms with E-state index in [9.17, 15) is 19.4 Å². The lowest BCUT2D eigenvalue weighted by molar-refractivity contribution is -0.119. The van der Waals surface area contributed by atoms with Crippen molar-refractivity contribution < 1.29 is 29.2 Å². The monoisotopic (exact) mass is 360 g/mol. The summed E-state index contributed by atoms with van der Waals surface area (Å²) in [6.07, 6.45) is 0.138. The highest BCUT2D eigenvalue weighted by Crippen LogP contribution is 2.30. The van der Waals surface area contributed by atoms with Crippen molar-refractivity contribution in [1.29, 1.82) is 0 Å². The zero-order chi connectivity index (χ0) is 18.8. The van der Waals surface area contributed by atoms with Gasteiger partial charge in [0.25, 0.3) is 11.7 Å². The number of primary amides is 1. The molecule has 2 amide bonds. The van der Waals surface area contributed by atoms with Crippen molar-refractivity contribution in [3.05, 3.63) is 35.2 Å². The van der Waals surface area contributed by atoms with Gasteiger partial charge in [0, 0.05) is 0 Å². The van der Waals surface area contributed by atoms with E-state index in [4.69, 9.17) is 15.5 Å².